The van der Waals surface area contributed by atoms with E-state index in [-0.39, 0.29) is 11.6 Å². The Bertz CT molecular complexity index is 420. The molecule has 106 valence electrons. The van der Waals surface area contributed by atoms with Crippen molar-refractivity contribution in [2.45, 2.75) is 64.5 Å². The molecule has 1 aliphatic rings. The molecular weight excluding hydrogens is 238 g/mol. The minimum atomic E-state index is -0.270. The third-order valence-corrected chi connectivity index (χ3v) is 4.00. The highest BCUT2D eigenvalue weighted by atomic mass is 16.5. The van der Waals surface area contributed by atoms with E-state index in [0.29, 0.717) is 6.61 Å². The Morgan fingerprint density at radius 1 is 1.37 bits per heavy atom. The molecule has 0 unspecified atom stereocenters. The van der Waals surface area contributed by atoms with Crippen LogP contribution in [0.5, 0.6) is 0 Å². The van der Waals surface area contributed by atoms with Gasteiger partial charge in [-0.25, -0.2) is 9.97 Å². The van der Waals surface area contributed by atoms with Crippen molar-refractivity contribution in [1.82, 2.24) is 9.97 Å². The Morgan fingerprint density at radius 3 is 2.58 bits per heavy atom. The number of hydrogen-bond acceptors (Lipinski definition) is 4. The topological polar surface area (TPSA) is 61.0 Å². The Hall–Kier alpha value is -1.00. The highest BCUT2D eigenvalue weighted by Crippen LogP contribution is 2.39. The normalized spacial score (nSPS) is 20.2. The van der Waals surface area contributed by atoms with Crippen molar-refractivity contribution in [2.75, 3.05) is 6.61 Å². The molecule has 4 heteroatoms. The first-order chi connectivity index (χ1) is 9.09. The SMILES string of the molecule is CCOC1(c2ncc([C@@H](C)N)c(C)n2)CCCCC1. The van der Waals surface area contributed by atoms with Gasteiger partial charge in [-0.2, -0.15) is 0 Å². The second-order valence-corrected chi connectivity index (χ2v) is 5.51. The first-order valence-electron chi connectivity index (χ1n) is 7.32. The summed E-state index contributed by atoms with van der Waals surface area (Å²) >= 11 is 0. The second-order valence-electron chi connectivity index (χ2n) is 5.51. The van der Waals surface area contributed by atoms with Gasteiger partial charge in [-0.15, -0.1) is 0 Å². The molecule has 1 saturated carbocycles. The lowest BCUT2D eigenvalue weighted by Gasteiger charge is -2.35. The number of nitrogens with zero attached hydrogens (tertiary/aromatic N) is 2. The largest absolute Gasteiger partial charge is 0.367 e. The summed E-state index contributed by atoms with van der Waals surface area (Å²) in [6.45, 7) is 6.72. The molecule has 2 rings (SSSR count). The van der Waals surface area contributed by atoms with E-state index in [1.54, 1.807) is 0 Å². The van der Waals surface area contributed by atoms with Crippen LogP contribution in [0.2, 0.25) is 0 Å². The summed E-state index contributed by atoms with van der Waals surface area (Å²) in [6, 6.07) is -0.0246. The van der Waals surface area contributed by atoms with E-state index in [4.69, 9.17) is 15.5 Å². The van der Waals surface area contributed by atoms with Crippen molar-refractivity contribution in [3.8, 4) is 0 Å². The lowest BCUT2D eigenvalue weighted by molar-refractivity contribution is -0.0768. The van der Waals surface area contributed by atoms with Crippen LogP contribution >= 0.6 is 0 Å². The average molecular weight is 263 g/mol. The van der Waals surface area contributed by atoms with Gasteiger partial charge in [0.25, 0.3) is 0 Å². The Kier molecular flexibility index (Phi) is 4.53. The third-order valence-electron chi connectivity index (χ3n) is 4.00. The molecule has 0 bridgehead atoms. The number of aromatic nitrogens is 2. The molecule has 0 aliphatic heterocycles. The third kappa shape index (κ3) is 2.95. The minimum absolute atomic E-state index is 0.0246. The van der Waals surface area contributed by atoms with Crippen LogP contribution in [0.25, 0.3) is 0 Å². The van der Waals surface area contributed by atoms with Crippen LogP contribution in [0.1, 0.15) is 69.1 Å². The maximum absolute atomic E-state index is 6.06. The van der Waals surface area contributed by atoms with Gasteiger partial charge in [0, 0.05) is 30.1 Å². The maximum atomic E-state index is 6.06. The predicted octanol–water partition coefficient (Wildman–Crippen LogP) is 3.00. The fraction of sp³-hybridized carbons (Fsp3) is 0.733. The highest BCUT2D eigenvalue weighted by molar-refractivity contribution is 5.21. The molecule has 0 amide bonds. The number of nitrogens with two attached hydrogens (primary N) is 1. The van der Waals surface area contributed by atoms with Crippen LogP contribution < -0.4 is 5.73 Å². The lowest BCUT2D eigenvalue weighted by atomic mass is 9.83. The second kappa shape index (κ2) is 5.97. The van der Waals surface area contributed by atoms with Gasteiger partial charge in [0.1, 0.15) is 5.60 Å². The van der Waals surface area contributed by atoms with Crippen LogP contribution in [0, 0.1) is 6.92 Å². The van der Waals surface area contributed by atoms with Gasteiger partial charge >= 0.3 is 0 Å². The number of hydrogen-bond donors (Lipinski definition) is 1. The maximum Gasteiger partial charge on any atom is 0.160 e. The van der Waals surface area contributed by atoms with Gasteiger partial charge in [0.05, 0.1) is 0 Å². The molecule has 0 radical (unpaired) electrons. The fourth-order valence-electron chi connectivity index (χ4n) is 2.97. The smallest absolute Gasteiger partial charge is 0.160 e. The molecule has 0 spiro atoms. The summed E-state index contributed by atoms with van der Waals surface area (Å²) in [5.74, 6) is 0.843. The lowest BCUT2D eigenvalue weighted by Crippen LogP contribution is -2.35. The van der Waals surface area contributed by atoms with E-state index in [2.05, 4.69) is 4.98 Å². The van der Waals surface area contributed by atoms with E-state index in [1.807, 2.05) is 27.0 Å². The zero-order valence-corrected chi connectivity index (χ0v) is 12.3. The van der Waals surface area contributed by atoms with Crippen molar-refractivity contribution in [1.29, 1.82) is 0 Å². The summed E-state index contributed by atoms with van der Waals surface area (Å²) in [4.78, 5) is 9.25. The number of rotatable bonds is 4. The molecule has 1 fully saturated rings. The van der Waals surface area contributed by atoms with Gasteiger partial charge in [-0.05, 0) is 33.6 Å². The average Bonchev–Trinajstić information content (AvgIpc) is 2.39. The summed E-state index contributed by atoms with van der Waals surface area (Å²) in [7, 11) is 0. The summed E-state index contributed by atoms with van der Waals surface area (Å²) in [5, 5.41) is 0. The highest BCUT2D eigenvalue weighted by Gasteiger charge is 2.37. The zero-order chi connectivity index (χ0) is 13.9. The van der Waals surface area contributed by atoms with Gasteiger partial charge in [-0.3, -0.25) is 0 Å². The molecule has 19 heavy (non-hydrogen) atoms. The van der Waals surface area contributed by atoms with Gasteiger partial charge in [0.2, 0.25) is 0 Å². The first-order valence-corrected chi connectivity index (χ1v) is 7.32. The fourth-order valence-corrected chi connectivity index (χ4v) is 2.97. The molecule has 0 saturated heterocycles. The van der Waals surface area contributed by atoms with Crippen molar-refractivity contribution in [3.05, 3.63) is 23.3 Å². The van der Waals surface area contributed by atoms with Crippen molar-refractivity contribution < 1.29 is 4.74 Å². The van der Waals surface area contributed by atoms with Crippen LogP contribution in [0.4, 0.5) is 0 Å². The van der Waals surface area contributed by atoms with Crippen molar-refractivity contribution in [2.24, 2.45) is 5.73 Å². The molecule has 0 aromatic carbocycles. The summed E-state index contributed by atoms with van der Waals surface area (Å²) < 4.78 is 6.06. The van der Waals surface area contributed by atoms with Crippen LogP contribution in [0.3, 0.4) is 0 Å². The van der Waals surface area contributed by atoms with Gasteiger partial charge in [-0.1, -0.05) is 19.3 Å². The van der Waals surface area contributed by atoms with Crippen LogP contribution in [-0.2, 0) is 10.3 Å². The Labute approximate surface area is 115 Å². The van der Waals surface area contributed by atoms with Crippen molar-refractivity contribution >= 4 is 0 Å². The van der Waals surface area contributed by atoms with Crippen LogP contribution in [-0.4, -0.2) is 16.6 Å². The molecule has 2 N–H and O–H groups in total. The quantitative estimate of drug-likeness (QED) is 0.907. The standard InChI is InChI=1S/C15H25N3O/c1-4-19-15(8-6-5-7-9-15)14-17-10-13(11(2)16)12(3)18-14/h10-11H,4-9,16H2,1-3H3/t11-/m1/s1. The zero-order valence-electron chi connectivity index (χ0n) is 12.3. The molecule has 1 heterocycles. The van der Waals surface area contributed by atoms with Gasteiger partial charge < -0.3 is 10.5 Å². The summed E-state index contributed by atoms with van der Waals surface area (Å²) in [5.41, 5.74) is 7.65. The minimum Gasteiger partial charge on any atom is -0.367 e. The van der Waals surface area contributed by atoms with Gasteiger partial charge in [0.15, 0.2) is 5.82 Å². The molecular formula is C15H25N3O. The van der Waals surface area contributed by atoms with E-state index in [9.17, 15) is 0 Å². The predicted molar refractivity (Wildman–Crippen MR) is 75.8 cm³/mol. The first kappa shape index (κ1) is 14.4. The monoisotopic (exact) mass is 263 g/mol. The van der Waals surface area contributed by atoms with Crippen LogP contribution in [0.15, 0.2) is 6.20 Å². The molecule has 1 atom stereocenters. The number of ether oxygens (including phenoxy) is 1. The molecule has 1 aromatic rings. The molecule has 4 nitrogen and oxygen atoms in total. The van der Waals surface area contributed by atoms with E-state index < -0.39 is 0 Å². The molecule has 1 aliphatic carbocycles. The van der Waals surface area contributed by atoms with E-state index >= 15 is 0 Å². The Morgan fingerprint density at radius 2 is 2.05 bits per heavy atom. The van der Waals surface area contributed by atoms with E-state index in [1.165, 1.54) is 19.3 Å². The molecule has 1 aromatic heterocycles. The number of aryl methyl sites for hydroxylation is 1. The summed E-state index contributed by atoms with van der Waals surface area (Å²) in [6.07, 6.45) is 7.59. The Balaban J connectivity index is 2.34. The van der Waals surface area contributed by atoms with Crippen molar-refractivity contribution in [3.63, 3.8) is 0 Å². The van der Waals surface area contributed by atoms with E-state index in [0.717, 1.165) is 29.9 Å².